The molecular formula is C23H22N4O2S2. The van der Waals surface area contributed by atoms with Crippen LogP contribution in [-0.2, 0) is 6.42 Å². The maximum absolute atomic E-state index is 10.8. The molecule has 0 atom stereocenters. The van der Waals surface area contributed by atoms with Gasteiger partial charge in [-0.25, -0.2) is 9.97 Å². The molecule has 158 valence electrons. The van der Waals surface area contributed by atoms with Gasteiger partial charge in [0.25, 0.3) is 5.69 Å². The number of rotatable bonds is 8. The van der Waals surface area contributed by atoms with Gasteiger partial charge in [-0.1, -0.05) is 36.0 Å². The zero-order chi connectivity index (χ0) is 21.8. The lowest BCUT2D eigenvalue weighted by molar-refractivity contribution is -0.384. The summed E-state index contributed by atoms with van der Waals surface area (Å²) in [6, 6.07) is 17.2. The minimum atomic E-state index is -0.380. The summed E-state index contributed by atoms with van der Waals surface area (Å²) in [6.07, 6.45) is 3.94. The molecule has 1 N–H and O–H groups in total. The zero-order valence-electron chi connectivity index (χ0n) is 17.3. The van der Waals surface area contributed by atoms with Gasteiger partial charge < -0.3 is 5.32 Å². The van der Waals surface area contributed by atoms with Crippen LogP contribution in [0.3, 0.4) is 0 Å². The lowest BCUT2D eigenvalue weighted by Crippen LogP contribution is -2.06. The molecule has 0 spiro atoms. The highest BCUT2D eigenvalue weighted by molar-refractivity contribution is 7.98. The Morgan fingerprint density at radius 1 is 1.06 bits per heavy atom. The first-order chi connectivity index (χ1) is 15.0. The third-order valence-electron chi connectivity index (χ3n) is 4.98. The molecule has 6 nitrogen and oxygen atoms in total. The molecule has 0 unspecified atom stereocenters. The molecule has 2 aromatic carbocycles. The number of benzene rings is 2. The Morgan fingerprint density at radius 2 is 1.74 bits per heavy atom. The highest BCUT2D eigenvalue weighted by Crippen LogP contribution is 2.30. The Bertz CT molecular complexity index is 1200. The van der Waals surface area contributed by atoms with E-state index in [0.29, 0.717) is 0 Å². The summed E-state index contributed by atoms with van der Waals surface area (Å²) in [5.74, 6) is 0.909. The van der Waals surface area contributed by atoms with E-state index in [1.807, 2.05) is 6.26 Å². The summed E-state index contributed by atoms with van der Waals surface area (Å²) in [7, 11) is 0. The third kappa shape index (κ3) is 5.03. The van der Waals surface area contributed by atoms with Crippen LogP contribution in [0.2, 0.25) is 0 Å². The fourth-order valence-corrected chi connectivity index (χ4v) is 4.69. The summed E-state index contributed by atoms with van der Waals surface area (Å²) in [5.41, 5.74) is 3.40. The van der Waals surface area contributed by atoms with Gasteiger partial charge in [0.1, 0.15) is 10.6 Å². The van der Waals surface area contributed by atoms with Crippen LogP contribution >= 0.6 is 23.1 Å². The quantitative estimate of drug-likeness (QED) is 0.111. The van der Waals surface area contributed by atoms with Crippen LogP contribution in [0, 0.1) is 17.0 Å². The van der Waals surface area contributed by atoms with E-state index in [1.54, 1.807) is 35.2 Å². The van der Waals surface area contributed by atoms with Gasteiger partial charge in [-0.05, 0) is 60.9 Å². The smallest absolute Gasteiger partial charge is 0.269 e. The number of fused-ring (bicyclic) bond motifs is 1. The van der Waals surface area contributed by atoms with Crippen molar-refractivity contribution in [1.29, 1.82) is 0 Å². The van der Waals surface area contributed by atoms with Gasteiger partial charge in [0.05, 0.1) is 10.3 Å². The van der Waals surface area contributed by atoms with Gasteiger partial charge in [-0.3, -0.25) is 10.1 Å². The van der Waals surface area contributed by atoms with Crippen molar-refractivity contribution in [2.24, 2.45) is 0 Å². The topological polar surface area (TPSA) is 81.0 Å². The monoisotopic (exact) mass is 450 g/mol. The van der Waals surface area contributed by atoms with Crippen LogP contribution in [0.4, 0.5) is 11.5 Å². The number of hydrogen-bond donors (Lipinski definition) is 1. The van der Waals surface area contributed by atoms with Crippen molar-refractivity contribution in [2.45, 2.75) is 24.9 Å². The molecule has 8 heteroatoms. The largest absolute Gasteiger partial charge is 0.369 e. The van der Waals surface area contributed by atoms with E-state index in [1.165, 1.54) is 22.6 Å². The van der Waals surface area contributed by atoms with Crippen LogP contribution in [0.1, 0.15) is 16.9 Å². The minimum absolute atomic E-state index is 0.107. The van der Waals surface area contributed by atoms with Crippen molar-refractivity contribution < 1.29 is 4.92 Å². The number of anilines is 1. The highest BCUT2D eigenvalue weighted by Gasteiger charge is 2.10. The summed E-state index contributed by atoms with van der Waals surface area (Å²) >= 11 is 3.25. The Balaban J connectivity index is 1.35. The fraction of sp³-hybridized carbons (Fsp3) is 0.217. The number of aryl methyl sites for hydroxylation is 2. The van der Waals surface area contributed by atoms with Crippen molar-refractivity contribution in [3.63, 3.8) is 0 Å². The van der Waals surface area contributed by atoms with Crippen molar-refractivity contribution >= 4 is 44.8 Å². The summed E-state index contributed by atoms with van der Waals surface area (Å²) < 4.78 is 0. The highest BCUT2D eigenvalue weighted by atomic mass is 32.2. The molecule has 0 bridgehead atoms. The average Bonchev–Trinajstić information content (AvgIpc) is 3.17. The van der Waals surface area contributed by atoms with Crippen molar-refractivity contribution in [2.75, 3.05) is 18.1 Å². The van der Waals surface area contributed by atoms with Crippen LogP contribution < -0.4 is 5.32 Å². The van der Waals surface area contributed by atoms with Crippen LogP contribution in [-0.4, -0.2) is 27.7 Å². The average molecular weight is 451 g/mol. The van der Waals surface area contributed by atoms with Crippen LogP contribution in [0.5, 0.6) is 0 Å². The standard InChI is InChI=1S/C23H22N4O2S2/c1-15-14-20-21(25-23(30-2)26-22(20)31-15)24-13-3-4-16-5-7-17(8-6-16)18-9-11-19(12-10-18)27(28)29/h5-12,14H,3-4,13H2,1-2H3,(H,24,25,26). The van der Waals surface area contributed by atoms with Gasteiger partial charge in [-0.2, -0.15) is 0 Å². The molecule has 0 aliphatic heterocycles. The summed E-state index contributed by atoms with van der Waals surface area (Å²) in [6.45, 7) is 2.92. The van der Waals surface area contributed by atoms with Crippen LogP contribution in [0.25, 0.3) is 21.3 Å². The number of nitrogens with zero attached hydrogens (tertiary/aromatic N) is 3. The Kier molecular flexibility index (Phi) is 6.48. The summed E-state index contributed by atoms with van der Waals surface area (Å²) in [5, 5.41) is 16.2. The molecule has 0 saturated carbocycles. The van der Waals surface area contributed by atoms with Gasteiger partial charge in [0, 0.05) is 23.6 Å². The number of hydrogen-bond acceptors (Lipinski definition) is 7. The van der Waals surface area contributed by atoms with E-state index < -0.39 is 0 Å². The number of aromatic nitrogens is 2. The molecule has 0 aliphatic rings. The van der Waals surface area contributed by atoms with Gasteiger partial charge in [0.15, 0.2) is 5.16 Å². The molecule has 4 aromatic rings. The van der Waals surface area contributed by atoms with Gasteiger partial charge in [0.2, 0.25) is 0 Å². The van der Waals surface area contributed by atoms with Gasteiger partial charge >= 0.3 is 0 Å². The number of non-ortho nitro benzene ring substituents is 1. The van der Waals surface area contributed by atoms with E-state index in [0.717, 1.165) is 51.7 Å². The molecule has 2 aromatic heterocycles. The first kappa shape index (κ1) is 21.3. The molecule has 0 aliphatic carbocycles. The molecule has 4 rings (SSSR count). The molecule has 0 radical (unpaired) electrons. The Morgan fingerprint density at radius 3 is 2.39 bits per heavy atom. The van der Waals surface area contributed by atoms with Crippen LogP contribution in [0.15, 0.2) is 59.8 Å². The molecule has 0 amide bonds. The fourth-order valence-electron chi connectivity index (χ4n) is 3.39. The molecule has 2 heterocycles. The van der Waals surface area contributed by atoms with Crippen molar-refractivity contribution in [3.8, 4) is 11.1 Å². The van der Waals surface area contributed by atoms with E-state index in [9.17, 15) is 10.1 Å². The lowest BCUT2D eigenvalue weighted by Gasteiger charge is -2.09. The minimum Gasteiger partial charge on any atom is -0.369 e. The Labute approximate surface area is 188 Å². The second kappa shape index (κ2) is 9.45. The molecule has 0 fully saturated rings. The normalized spacial score (nSPS) is 11.0. The maximum Gasteiger partial charge on any atom is 0.269 e. The SMILES string of the molecule is CSc1nc(NCCCc2ccc(-c3ccc([N+](=O)[O-])cc3)cc2)c2cc(C)sc2n1. The third-order valence-corrected chi connectivity index (χ3v) is 6.47. The maximum atomic E-state index is 10.8. The predicted molar refractivity (Wildman–Crippen MR) is 129 cm³/mol. The second-order valence-corrected chi connectivity index (χ2v) is 9.17. The number of nitro benzene ring substituents is 1. The second-order valence-electron chi connectivity index (χ2n) is 7.17. The van der Waals surface area contributed by atoms with Crippen molar-refractivity contribution in [3.05, 3.63) is 75.2 Å². The van der Waals surface area contributed by atoms with E-state index in [4.69, 9.17) is 0 Å². The number of thioether (sulfide) groups is 1. The van der Waals surface area contributed by atoms with E-state index in [2.05, 4.69) is 52.5 Å². The summed E-state index contributed by atoms with van der Waals surface area (Å²) in [4.78, 5) is 21.9. The van der Waals surface area contributed by atoms with E-state index >= 15 is 0 Å². The predicted octanol–water partition coefficient (Wildman–Crippen LogP) is 6.34. The molecule has 31 heavy (non-hydrogen) atoms. The lowest BCUT2D eigenvalue weighted by atomic mass is 10.0. The van der Waals surface area contributed by atoms with Gasteiger partial charge in [-0.15, -0.1) is 11.3 Å². The number of thiophene rings is 1. The molecular weight excluding hydrogens is 428 g/mol. The Hall–Kier alpha value is -2.97. The zero-order valence-corrected chi connectivity index (χ0v) is 18.9. The number of nitrogens with one attached hydrogen (secondary N) is 1. The molecule has 0 saturated heterocycles. The first-order valence-electron chi connectivity index (χ1n) is 9.93. The van der Waals surface area contributed by atoms with Crippen molar-refractivity contribution in [1.82, 2.24) is 9.97 Å². The first-order valence-corrected chi connectivity index (χ1v) is 12.0. The van der Waals surface area contributed by atoms with E-state index in [-0.39, 0.29) is 10.6 Å². The number of nitro groups is 1.